The zero-order valence-electron chi connectivity index (χ0n) is 9.34. The Morgan fingerprint density at radius 2 is 2.18 bits per heavy atom. The first-order chi connectivity index (χ1) is 8.16. The Hall–Kier alpha value is -1.68. The van der Waals surface area contributed by atoms with E-state index in [9.17, 15) is 4.79 Å². The smallest absolute Gasteiger partial charge is 0.338 e. The lowest BCUT2D eigenvalue weighted by Gasteiger charge is -2.02. The van der Waals surface area contributed by atoms with E-state index in [1.807, 2.05) is 31.2 Å². The van der Waals surface area contributed by atoms with Gasteiger partial charge in [0.25, 0.3) is 0 Å². The molecular weight excluding hydrogens is 236 g/mol. The summed E-state index contributed by atoms with van der Waals surface area (Å²) in [6.45, 7) is 2.05. The van der Waals surface area contributed by atoms with Crippen LogP contribution in [-0.4, -0.2) is 11.1 Å². The van der Waals surface area contributed by atoms with E-state index in [4.69, 9.17) is 9.52 Å². The summed E-state index contributed by atoms with van der Waals surface area (Å²) in [6.07, 6.45) is 1.27. The predicted octanol–water partition coefficient (Wildman–Crippen LogP) is 3.58. The number of aromatic carboxylic acids is 1. The van der Waals surface area contributed by atoms with Gasteiger partial charge in [0.15, 0.2) is 0 Å². The van der Waals surface area contributed by atoms with Gasteiger partial charge in [-0.25, -0.2) is 4.79 Å². The number of aryl methyl sites for hydroxylation is 1. The van der Waals surface area contributed by atoms with E-state index in [2.05, 4.69) is 0 Å². The quantitative estimate of drug-likeness (QED) is 0.840. The summed E-state index contributed by atoms with van der Waals surface area (Å²) < 4.78 is 5.19. The normalized spacial score (nSPS) is 10.4. The Bertz CT molecular complexity index is 531. The van der Waals surface area contributed by atoms with Crippen molar-refractivity contribution >= 4 is 17.7 Å². The summed E-state index contributed by atoms with van der Waals surface area (Å²) >= 11 is 1.64. The lowest BCUT2D eigenvalue weighted by atomic mass is 10.2. The van der Waals surface area contributed by atoms with Crippen LogP contribution in [0.4, 0.5) is 0 Å². The van der Waals surface area contributed by atoms with E-state index >= 15 is 0 Å². The maximum Gasteiger partial charge on any atom is 0.338 e. The van der Waals surface area contributed by atoms with Crippen LogP contribution in [0.5, 0.6) is 0 Å². The Labute approximate surface area is 103 Å². The molecular formula is C13H12O3S. The molecule has 2 aromatic rings. The first-order valence-electron chi connectivity index (χ1n) is 5.16. The number of benzene rings is 1. The largest absolute Gasteiger partial charge is 0.478 e. The molecule has 0 aliphatic carbocycles. The van der Waals surface area contributed by atoms with Gasteiger partial charge in [0, 0.05) is 4.90 Å². The molecule has 1 heterocycles. The van der Waals surface area contributed by atoms with Gasteiger partial charge in [-0.1, -0.05) is 18.2 Å². The molecule has 0 aliphatic rings. The third kappa shape index (κ3) is 2.91. The summed E-state index contributed by atoms with van der Waals surface area (Å²) in [6, 6.07) is 9.64. The lowest BCUT2D eigenvalue weighted by molar-refractivity contribution is 0.0696. The van der Waals surface area contributed by atoms with Gasteiger partial charge >= 0.3 is 5.97 Å². The number of carboxylic acid groups (broad SMARTS) is 1. The molecule has 0 fully saturated rings. The van der Waals surface area contributed by atoms with Gasteiger partial charge in [0.05, 0.1) is 11.3 Å². The molecule has 0 aliphatic heterocycles. The van der Waals surface area contributed by atoms with Crippen LogP contribution in [0.15, 0.2) is 45.9 Å². The van der Waals surface area contributed by atoms with Gasteiger partial charge in [0.2, 0.25) is 0 Å². The highest BCUT2D eigenvalue weighted by molar-refractivity contribution is 7.98. The molecule has 0 spiro atoms. The summed E-state index contributed by atoms with van der Waals surface area (Å²) in [4.78, 5) is 11.9. The number of thioether (sulfide) groups is 1. The summed E-state index contributed by atoms with van der Waals surface area (Å²) in [5.41, 5.74) is 1.41. The van der Waals surface area contributed by atoms with Crippen LogP contribution in [0.2, 0.25) is 0 Å². The van der Waals surface area contributed by atoms with Crippen molar-refractivity contribution in [3.8, 4) is 0 Å². The second kappa shape index (κ2) is 5.10. The average molecular weight is 248 g/mol. The first kappa shape index (κ1) is 11.8. The summed E-state index contributed by atoms with van der Waals surface area (Å²) in [5, 5.41) is 8.76. The maximum atomic E-state index is 10.7. The molecule has 1 N–H and O–H groups in total. The van der Waals surface area contributed by atoms with Gasteiger partial charge < -0.3 is 9.52 Å². The van der Waals surface area contributed by atoms with Crippen LogP contribution in [0.1, 0.15) is 21.7 Å². The molecule has 0 saturated carbocycles. The number of hydrogen-bond donors (Lipinski definition) is 1. The summed E-state index contributed by atoms with van der Waals surface area (Å²) in [5.74, 6) is 0.356. The van der Waals surface area contributed by atoms with Crippen LogP contribution in [0, 0.1) is 6.92 Å². The van der Waals surface area contributed by atoms with E-state index in [1.54, 1.807) is 17.8 Å². The molecule has 0 saturated heterocycles. The Kier molecular flexibility index (Phi) is 3.54. The molecule has 2 rings (SSSR count). The van der Waals surface area contributed by atoms with Crippen molar-refractivity contribution in [2.45, 2.75) is 17.6 Å². The second-order valence-corrected chi connectivity index (χ2v) is 4.68. The Balaban J connectivity index is 2.02. The first-order valence-corrected chi connectivity index (χ1v) is 6.14. The van der Waals surface area contributed by atoms with Crippen molar-refractivity contribution in [3.63, 3.8) is 0 Å². The van der Waals surface area contributed by atoms with Crippen LogP contribution in [0.3, 0.4) is 0 Å². The number of carbonyl (C=O) groups is 1. The zero-order valence-corrected chi connectivity index (χ0v) is 10.2. The maximum absolute atomic E-state index is 10.7. The van der Waals surface area contributed by atoms with Gasteiger partial charge in [-0.05, 0) is 24.6 Å². The highest BCUT2D eigenvalue weighted by Crippen LogP contribution is 2.26. The third-order valence-electron chi connectivity index (χ3n) is 2.36. The Morgan fingerprint density at radius 1 is 1.41 bits per heavy atom. The lowest BCUT2D eigenvalue weighted by Crippen LogP contribution is -1.91. The van der Waals surface area contributed by atoms with Crippen LogP contribution in [-0.2, 0) is 5.75 Å². The van der Waals surface area contributed by atoms with Crippen molar-refractivity contribution < 1.29 is 14.3 Å². The van der Waals surface area contributed by atoms with Crippen LogP contribution in [0.25, 0.3) is 0 Å². The van der Waals surface area contributed by atoms with E-state index in [0.29, 0.717) is 11.5 Å². The topological polar surface area (TPSA) is 50.4 Å². The number of rotatable bonds is 4. The van der Waals surface area contributed by atoms with Gasteiger partial charge in [-0.15, -0.1) is 11.8 Å². The Morgan fingerprint density at radius 3 is 2.82 bits per heavy atom. The fourth-order valence-electron chi connectivity index (χ4n) is 1.44. The molecule has 1 aromatic carbocycles. The fourth-order valence-corrected chi connectivity index (χ4v) is 2.36. The number of furan rings is 1. The third-order valence-corrected chi connectivity index (χ3v) is 3.56. The van der Waals surface area contributed by atoms with Crippen molar-refractivity contribution in [3.05, 3.63) is 53.5 Å². The predicted molar refractivity (Wildman–Crippen MR) is 66.4 cm³/mol. The monoisotopic (exact) mass is 248 g/mol. The number of hydrogen-bond acceptors (Lipinski definition) is 3. The molecule has 0 radical (unpaired) electrons. The molecule has 0 amide bonds. The highest BCUT2D eigenvalue weighted by Gasteiger charge is 2.08. The molecule has 0 unspecified atom stereocenters. The van der Waals surface area contributed by atoms with Crippen molar-refractivity contribution in [1.29, 1.82) is 0 Å². The van der Waals surface area contributed by atoms with Crippen molar-refractivity contribution in [1.82, 2.24) is 0 Å². The van der Waals surface area contributed by atoms with Gasteiger partial charge in [-0.3, -0.25) is 0 Å². The molecule has 3 nitrogen and oxygen atoms in total. The van der Waals surface area contributed by atoms with Crippen LogP contribution >= 0.6 is 11.8 Å². The SMILES string of the molecule is Cc1ccccc1SCc1cc(C(=O)O)co1. The number of carboxylic acids is 1. The molecule has 1 aromatic heterocycles. The van der Waals surface area contributed by atoms with E-state index < -0.39 is 5.97 Å². The van der Waals surface area contributed by atoms with Crippen molar-refractivity contribution in [2.75, 3.05) is 0 Å². The summed E-state index contributed by atoms with van der Waals surface area (Å²) in [7, 11) is 0. The minimum atomic E-state index is -0.958. The van der Waals surface area contributed by atoms with E-state index in [1.165, 1.54) is 16.7 Å². The minimum Gasteiger partial charge on any atom is -0.478 e. The minimum absolute atomic E-state index is 0.199. The molecule has 17 heavy (non-hydrogen) atoms. The fraction of sp³-hybridized carbons (Fsp3) is 0.154. The van der Waals surface area contributed by atoms with Gasteiger partial charge in [-0.2, -0.15) is 0 Å². The molecule has 4 heteroatoms. The molecule has 0 atom stereocenters. The van der Waals surface area contributed by atoms with Crippen molar-refractivity contribution in [2.24, 2.45) is 0 Å². The zero-order chi connectivity index (χ0) is 12.3. The van der Waals surface area contributed by atoms with Gasteiger partial charge in [0.1, 0.15) is 12.0 Å². The van der Waals surface area contributed by atoms with E-state index in [-0.39, 0.29) is 5.56 Å². The standard InChI is InChI=1S/C13H12O3S/c1-9-4-2-3-5-12(9)17-8-11-6-10(7-16-11)13(14)15/h2-7H,8H2,1H3,(H,14,15). The highest BCUT2D eigenvalue weighted by atomic mass is 32.2. The van der Waals surface area contributed by atoms with Crippen LogP contribution < -0.4 is 0 Å². The second-order valence-electron chi connectivity index (χ2n) is 3.66. The van der Waals surface area contributed by atoms with E-state index in [0.717, 1.165) is 0 Å². The average Bonchev–Trinajstić information content (AvgIpc) is 2.77. The molecule has 88 valence electrons. The molecule has 0 bridgehead atoms.